The van der Waals surface area contributed by atoms with Crippen molar-refractivity contribution in [1.82, 2.24) is 20.2 Å². The Kier molecular flexibility index (Phi) is 4.19. The van der Waals surface area contributed by atoms with Crippen LogP contribution in [-0.2, 0) is 6.54 Å². The van der Waals surface area contributed by atoms with Crippen molar-refractivity contribution in [3.05, 3.63) is 42.7 Å². The van der Waals surface area contributed by atoms with Crippen molar-refractivity contribution in [2.75, 3.05) is 6.54 Å². The average Bonchev–Trinajstić information content (AvgIpc) is 3.19. The maximum Gasteiger partial charge on any atom is 0.315 e. The number of imidazole rings is 1. The molecular weight excluding hydrogens is 264 g/mol. The predicted molar refractivity (Wildman–Crippen MR) is 81.8 cm³/mol. The highest BCUT2D eigenvalue weighted by Gasteiger charge is 2.22. The van der Waals surface area contributed by atoms with E-state index in [0.29, 0.717) is 12.6 Å². The lowest BCUT2D eigenvalue weighted by molar-refractivity contribution is 0.240. The summed E-state index contributed by atoms with van der Waals surface area (Å²) in [5.41, 5.74) is 1.11. The number of benzene rings is 1. The van der Waals surface area contributed by atoms with Crippen LogP contribution >= 0.6 is 0 Å². The summed E-state index contributed by atoms with van der Waals surface area (Å²) >= 11 is 0. The third kappa shape index (κ3) is 3.84. The van der Waals surface area contributed by atoms with Gasteiger partial charge in [0, 0.05) is 37.1 Å². The molecule has 1 aromatic heterocycles. The first-order valence-corrected chi connectivity index (χ1v) is 7.44. The molecule has 0 saturated heterocycles. The molecule has 110 valence electrons. The smallest absolute Gasteiger partial charge is 0.315 e. The molecule has 2 amide bonds. The van der Waals surface area contributed by atoms with Crippen molar-refractivity contribution in [1.29, 1.82) is 0 Å². The third-order valence-corrected chi connectivity index (χ3v) is 3.52. The molecule has 2 N–H and O–H groups in total. The van der Waals surface area contributed by atoms with Crippen LogP contribution in [0.4, 0.5) is 4.79 Å². The van der Waals surface area contributed by atoms with Gasteiger partial charge in [-0.2, -0.15) is 0 Å². The van der Waals surface area contributed by atoms with Crippen LogP contribution in [0.2, 0.25) is 0 Å². The summed E-state index contributed by atoms with van der Waals surface area (Å²) in [6.45, 7) is 1.51. The van der Waals surface area contributed by atoms with Crippen LogP contribution in [0.3, 0.4) is 0 Å². The lowest BCUT2D eigenvalue weighted by Crippen LogP contribution is -2.37. The molecule has 1 saturated carbocycles. The molecule has 0 unspecified atom stereocenters. The number of aryl methyl sites for hydroxylation is 1. The van der Waals surface area contributed by atoms with Crippen LogP contribution in [0.1, 0.15) is 19.3 Å². The number of carbonyl (C=O) groups is 1. The van der Waals surface area contributed by atoms with Gasteiger partial charge in [-0.1, -0.05) is 30.3 Å². The fraction of sp³-hybridized carbons (Fsp3) is 0.375. The second-order valence-corrected chi connectivity index (χ2v) is 5.34. The summed E-state index contributed by atoms with van der Waals surface area (Å²) < 4.78 is 2.12. The van der Waals surface area contributed by atoms with Gasteiger partial charge in [0.05, 0.1) is 0 Å². The summed E-state index contributed by atoms with van der Waals surface area (Å²) in [6.07, 6.45) is 6.90. The largest absolute Gasteiger partial charge is 0.338 e. The van der Waals surface area contributed by atoms with E-state index in [0.717, 1.165) is 37.2 Å². The molecule has 21 heavy (non-hydrogen) atoms. The van der Waals surface area contributed by atoms with E-state index in [-0.39, 0.29) is 6.03 Å². The minimum Gasteiger partial charge on any atom is -0.338 e. The second kappa shape index (κ2) is 6.43. The third-order valence-electron chi connectivity index (χ3n) is 3.52. The van der Waals surface area contributed by atoms with E-state index < -0.39 is 0 Å². The Balaban J connectivity index is 1.47. The van der Waals surface area contributed by atoms with Crippen LogP contribution in [0.15, 0.2) is 42.7 Å². The van der Waals surface area contributed by atoms with Crippen LogP contribution in [0, 0.1) is 0 Å². The number of urea groups is 1. The summed E-state index contributed by atoms with van der Waals surface area (Å²) in [4.78, 5) is 15.9. The van der Waals surface area contributed by atoms with E-state index in [4.69, 9.17) is 0 Å². The molecule has 1 heterocycles. The fourth-order valence-electron chi connectivity index (χ4n) is 2.25. The van der Waals surface area contributed by atoms with Gasteiger partial charge in [-0.15, -0.1) is 0 Å². The molecule has 1 aromatic carbocycles. The molecule has 5 heteroatoms. The van der Waals surface area contributed by atoms with Gasteiger partial charge in [-0.05, 0) is 19.3 Å². The zero-order valence-electron chi connectivity index (χ0n) is 12.0. The predicted octanol–water partition coefficient (Wildman–Crippen LogP) is 2.40. The van der Waals surface area contributed by atoms with Gasteiger partial charge in [0.15, 0.2) is 0 Å². The van der Waals surface area contributed by atoms with Crippen LogP contribution in [0.5, 0.6) is 0 Å². The maximum atomic E-state index is 11.5. The molecule has 1 aliphatic rings. The van der Waals surface area contributed by atoms with E-state index in [9.17, 15) is 4.79 Å². The monoisotopic (exact) mass is 284 g/mol. The number of aromatic nitrogens is 2. The number of hydrogen-bond acceptors (Lipinski definition) is 2. The molecule has 5 nitrogen and oxygen atoms in total. The van der Waals surface area contributed by atoms with E-state index in [1.165, 1.54) is 0 Å². The molecule has 0 bridgehead atoms. The lowest BCUT2D eigenvalue weighted by atomic mass is 10.2. The summed E-state index contributed by atoms with van der Waals surface area (Å²) in [5, 5.41) is 5.81. The SMILES string of the molecule is O=C(NCCCn1ccnc1-c1ccccc1)NC1CC1. The molecule has 2 aromatic rings. The second-order valence-electron chi connectivity index (χ2n) is 5.34. The first-order chi connectivity index (χ1) is 10.3. The standard InChI is InChI=1S/C16H20N4O/c21-16(19-14-7-8-14)18-9-4-11-20-12-10-17-15(20)13-5-2-1-3-6-13/h1-3,5-6,10,12,14H,4,7-9,11H2,(H2,18,19,21). The zero-order chi connectivity index (χ0) is 14.5. The topological polar surface area (TPSA) is 59.0 Å². The quantitative estimate of drug-likeness (QED) is 0.800. The van der Waals surface area contributed by atoms with Gasteiger partial charge in [-0.3, -0.25) is 0 Å². The zero-order valence-corrected chi connectivity index (χ0v) is 12.0. The molecule has 1 aliphatic carbocycles. The Labute approximate surface area is 124 Å². The van der Waals surface area contributed by atoms with E-state index in [2.05, 4.69) is 32.3 Å². The Bertz CT molecular complexity index is 589. The summed E-state index contributed by atoms with van der Waals surface area (Å²) in [7, 11) is 0. The minimum atomic E-state index is -0.0496. The highest BCUT2D eigenvalue weighted by molar-refractivity contribution is 5.74. The Morgan fingerprint density at radius 2 is 2.10 bits per heavy atom. The van der Waals surface area contributed by atoms with Crippen molar-refractivity contribution in [3.8, 4) is 11.4 Å². The lowest BCUT2D eigenvalue weighted by Gasteiger charge is -2.09. The van der Waals surface area contributed by atoms with Crippen molar-refractivity contribution in [3.63, 3.8) is 0 Å². The molecule has 0 radical (unpaired) electrons. The minimum absolute atomic E-state index is 0.0496. The number of rotatable bonds is 6. The van der Waals surface area contributed by atoms with Gasteiger partial charge >= 0.3 is 6.03 Å². The van der Waals surface area contributed by atoms with Crippen molar-refractivity contribution in [2.24, 2.45) is 0 Å². The number of hydrogen-bond donors (Lipinski definition) is 2. The molecule has 0 atom stereocenters. The van der Waals surface area contributed by atoms with Crippen LogP contribution in [-0.4, -0.2) is 28.2 Å². The Morgan fingerprint density at radius 1 is 1.29 bits per heavy atom. The molecule has 3 rings (SSSR count). The van der Waals surface area contributed by atoms with Gasteiger partial charge in [0.2, 0.25) is 0 Å². The molecular formula is C16H20N4O. The summed E-state index contributed by atoms with van der Waals surface area (Å²) in [6, 6.07) is 10.5. The highest BCUT2D eigenvalue weighted by atomic mass is 16.2. The fourth-order valence-corrected chi connectivity index (χ4v) is 2.25. The van der Waals surface area contributed by atoms with Gasteiger partial charge in [-0.25, -0.2) is 9.78 Å². The van der Waals surface area contributed by atoms with Gasteiger partial charge in [0.25, 0.3) is 0 Å². The van der Waals surface area contributed by atoms with Crippen molar-refractivity contribution >= 4 is 6.03 Å². The molecule has 0 aliphatic heterocycles. The number of nitrogens with one attached hydrogen (secondary N) is 2. The number of carbonyl (C=O) groups excluding carboxylic acids is 1. The van der Waals surface area contributed by atoms with Gasteiger partial charge < -0.3 is 15.2 Å². The Morgan fingerprint density at radius 3 is 2.86 bits per heavy atom. The normalized spacial score (nSPS) is 13.9. The summed E-state index contributed by atoms with van der Waals surface area (Å²) in [5.74, 6) is 0.970. The first kappa shape index (κ1) is 13.7. The van der Waals surface area contributed by atoms with E-state index >= 15 is 0 Å². The number of amides is 2. The van der Waals surface area contributed by atoms with Crippen LogP contribution < -0.4 is 10.6 Å². The first-order valence-electron chi connectivity index (χ1n) is 7.44. The van der Waals surface area contributed by atoms with Gasteiger partial charge in [0.1, 0.15) is 5.82 Å². The van der Waals surface area contributed by atoms with E-state index in [1.54, 1.807) is 0 Å². The van der Waals surface area contributed by atoms with Crippen molar-refractivity contribution in [2.45, 2.75) is 31.8 Å². The molecule has 1 fully saturated rings. The Hall–Kier alpha value is -2.30. The average molecular weight is 284 g/mol. The van der Waals surface area contributed by atoms with Crippen LogP contribution in [0.25, 0.3) is 11.4 Å². The molecule has 0 spiro atoms. The van der Waals surface area contributed by atoms with Crippen molar-refractivity contribution < 1.29 is 4.79 Å². The number of nitrogens with zero attached hydrogens (tertiary/aromatic N) is 2. The maximum absolute atomic E-state index is 11.5. The van der Waals surface area contributed by atoms with E-state index in [1.807, 2.05) is 30.6 Å². The highest BCUT2D eigenvalue weighted by Crippen LogP contribution is 2.18.